The first kappa shape index (κ1) is 20.7. The van der Waals surface area contributed by atoms with Gasteiger partial charge in [-0.15, -0.1) is 0 Å². The van der Waals surface area contributed by atoms with E-state index in [9.17, 15) is 4.79 Å². The monoisotopic (exact) mass is 432 g/mol. The minimum atomic E-state index is -0.225. The number of aryl methyl sites for hydroxylation is 1. The Kier molecular flexibility index (Phi) is 6.05. The number of halogens is 1. The number of nitrogens with zero attached hydrogens (tertiary/aromatic N) is 1. The summed E-state index contributed by atoms with van der Waals surface area (Å²) >= 11 is 6.52. The Morgan fingerprint density at radius 2 is 1.87 bits per heavy atom. The minimum absolute atomic E-state index is 0.225. The number of nitrogens with one attached hydrogen (secondary N) is 1. The quantitative estimate of drug-likeness (QED) is 0.433. The van der Waals surface area contributed by atoms with Gasteiger partial charge in [0.1, 0.15) is 6.61 Å². The Hall–Kier alpha value is -3.57. The van der Waals surface area contributed by atoms with E-state index in [4.69, 9.17) is 21.1 Å². The number of ether oxygens (including phenoxy) is 2. The normalized spacial score (nSPS) is 11.5. The molecule has 1 heterocycles. The number of benzene rings is 3. The summed E-state index contributed by atoms with van der Waals surface area (Å²) < 4.78 is 11.4. The number of aromatic amines is 1. The third-order valence-corrected chi connectivity index (χ3v) is 5.17. The summed E-state index contributed by atoms with van der Waals surface area (Å²) in [6.07, 6.45) is 1.73. The van der Waals surface area contributed by atoms with Crippen LogP contribution in [0.5, 0.6) is 11.5 Å². The van der Waals surface area contributed by atoms with Gasteiger partial charge in [0.2, 0.25) is 0 Å². The highest BCUT2D eigenvalue weighted by Crippen LogP contribution is 2.31. The van der Waals surface area contributed by atoms with E-state index >= 15 is 0 Å². The highest BCUT2D eigenvalue weighted by molar-refractivity contribution is 6.50. The Morgan fingerprint density at radius 1 is 1.06 bits per heavy atom. The molecule has 0 aliphatic carbocycles. The molecule has 5 nitrogen and oxygen atoms in total. The molecule has 3 aromatic carbocycles. The first-order valence-electron chi connectivity index (χ1n) is 9.77. The van der Waals surface area contributed by atoms with E-state index in [1.807, 2.05) is 67.6 Å². The first-order valence-corrected chi connectivity index (χ1v) is 10.1. The number of fused-ring (bicyclic) bond motifs is 1. The van der Waals surface area contributed by atoms with Gasteiger partial charge in [-0.3, -0.25) is 4.79 Å². The molecule has 0 saturated heterocycles. The molecule has 0 saturated carbocycles. The van der Waals surface area contributed by atoms with Crippen molar-refractivity contribution in [2.75, 3.05) is 7.11 Å². The molecule has 156 valence electrons. The lowest BCUT2D eigenvalue weighted by Gasteiger charge is -2.12. The zero-order valence-electron chi connectivity index (χ0n) is 17.2. The summed E-state index contributed by atoms with van der Waals surface area (Å²) in [7, 11) is 1.60. The average Bonchev–Trinajstić information content (AvgIpc) is 2.79. The van der Waals surface area contributed by atoms with Gasteiger partial charge in [-0.05, 0) is 47.9 Å². The lowest BCUT2D eigenvalue weighted by molar-refractivity contribution is 0.284. The van der Waals surface area contributed by atoms with E-state index in [1.54, 1.807) is 19.3 Å². The predicted molar refractivity (Wildman–Crippen MR) is 125 cm³/mol. The molecular weight excluding hydrogens is 412 g/mol. The smallest absolute Gasteiger partial charge is 0.259 e. The van der Waals surface area contributed by atoms with Gasteiger partial charge in [0.05, 0.1) is 23.0 Å². The van der Waals surface area contributed by atoms with Crippen LogP contribution in [0.3, 0.4) is 0 Å². The maximum atomic E-state index is 12.4. The number of methoxy groups -OCH3 is 1. The van der Waals surface area contributed by atoms with Crippen LogP contribution in [0.25, 0.3) is 22.0 Å². The van der Waals surface area contributed by atoms with Crippen molar-refractivity contribution in [2.24, 2.45) is 0 Å². The van der Waals surface area contributed by atoms with E-state index in [0.717, 1.165) is 16.7 Å². The van der Waals surface area contributed by atoms with Crippen molar-refractivity contribution in [2.45, 2.75) is 13.5 Å². The van der Waals surface area contributed by atoms with Crippen molar-refractivity contribution < 1.29 is 9.47 Å². The zero-order valence-corrected chi connectivity index (χ0v) is 17.9. The number of aromatic nitrogens is 2. The van der Waals surface area contributed by atoms with E-state index in [-0.39, 0.29) is 5.56 Å². The van der Waals surface area contributed by atoms with Gasteiger partial charge in [0, 0.05) is 0 Å². The third kappa shape index (κ3) is 4.62. The van der Waals surface area contributed by atoms with E-state index in [1.165, 1.54) is 0 Å². The van der Waals surface area contributed by atoms with E-state index in [2.05, 4.69) is 9.97 Å². The highest BCUT2D eigenvalue weighted by atomic mass is 35.5. The van der Waals surface area contributed by atoms with Crippen molar-refractivity contribution in [1.29, 1.82) is 0 Å². The van der Waals surface area contributed by atoms with Crippen molar-refractivity contribution >= 4 is 33.6 Å². The molecule has 31 heavy (non-hydrogen) atoms. The lowest BCUT2D eigenvalue weighted by Crippen LogP contribution is -2.11. The van der Waals surface area contributed by atoms with Gasteiger partial charge in [-0.25, -0.2) is 4.98 Å². The molecule has 0 aliphatic rings. The van der Waals surface area contributed by atoms with Crippen molar-refractivity contribution in [3.8, 4) is 11.5 Å². The van der Waals surface area contributed by atoms with Crippen LogP contribution in [-0.4, -0.2) is 17.1 Å². The fourth-order valence-corrected chi connectivity index (χ4v) is 3.48. The topological polar surface area (TPSA) is 64.2 Å². The second-order valence-corrected chi connectivity index (χ2v) is 7.47. The first-order chi connectivity index (χ1) is 15.0. The van der Waals surface area contributed by atoms with Crippen LogP contribution in [0, 0.1) is 6.92 Å². The van der Waals surface area contributed by atoms with Gasteiger partial charge in [0.15, 0.2) is 17.3 Å². The molecule has 0 unspecified atom stereocenters. The number of hydrogen-bond donors (Lipinski definition) is 1. The summed E-state index contributed by atoms with van der Waals surface area (Å²) in [5.41, 5.74) is 3.17. The third-order valence-electron chi connectivity index (χ3n) is 4.88. The second kappa shape index (κ2) is 9.06. The van der Waals surface area contributed by atoms with Crippen LogP contribution in [0.4, 0.5) is 0 Å². The van der Waals surface area contributed by atoms with Crippen LogP contribution in [-0.2, 0) is 6.61 Å². The number of rotatable bonds is 6. The van der Waals surface area contributed by atoms with Crippen LogP contribution in [0.1, 0.15) is 22.5 Å². The minimum Gasteiger partial charge on any atom is -0.493 e. The van der Waals surface area contributed by atoms with Gasteiger partial charge in [-0.2, -0.15) is 0 Å². The highest BCUT2D eigenvalue weighted by Gasteiger charge is 2.10. The summed E-state index contributed by atoms with van der Waals surface area (Å²) in [6.45, 7) is 2.33. The molecule has 1 aromatic heterocycles. The van der Waals surface area contributed by atoms with Crippen molar-refractivity contribution in [3.63, 3.8) is 0 Å². The van der Waals surface area contributed by atoms with Gasteiger partial charge in [0.25, 0.3) is 5.56 Å². The Balaban J connectivity index is 1.65. The zero-order chi connectivity index (χ0) is 21.8. The van der Waals surface area contributed by atoms with Gasteiger partial charge >= 0.3 is 0 Å². The average molecular weight is 433 g/mol. The molecule has 0 radical (unpaired) electrons. The van der Waals surface area contributed by atoms with E-state index < -0.39 is 0 Å². The lowest BCUT2D eigenvalue weighted by atomic mass is 10.1. The second-order valence-electron chi connectivity index (χ2n) is 7.06. The maximum Gasteiger partial charge on any atom is 0.259 e. The summed E-state index contributed by atoms with van der Waals surface area (Å²) in [5.74, 6) is 1.54. The standard InChI is InChI=1S/C25H21ClN2O3/c1-16-7-6-10-19-23(16)27-24(28-25(19)29)20(26)13-18-11-12-21(30-2)22(14-18)31-15-17-8-4-3-5-9-17/h3-14H,15H2,1-2H3,(H,27,28,29)/b20-13-. The summed E-state index contributed by atoms with van der Waals surface area (Å²) in [4.78, 5) is 19.8. The Bertz CT molecular complexity index is 1310. The van der Waals surface area contributed by atoms with E-state index in [0.29, 0.717) is 39.9 Å². The van der Waals surface area contributed by atoms with Gasteiger partial charge < -0.3 is 14.5 Å². The van der Waals surface area contributed by atoms with Crippen LogP contribution in [0.2, 0.25) is 0 Å². The molecule has 0 amide bonds. The predicted octanol–water partition coefficient (Wildman–Crippen LogP) is 5.56. The summed E-state index contributed by atoms with van der Waals surface area (Å²) in [6, 6.07) is 20.9. The van der Waals surface area contributed by atoms with Crippen molar-refractivity contribution in [3.05, 3.63) is 99.6 Å². The van der Waals surface area contributed by atoms with Crippen LogP contribution >= 0.6 is 11.6 Å². The molecule has 0 aliphatic heterocycles. The molecule has 0 fully saturated rings. The molecule has 0 spiro atoms. The fourth-order valence-electron chi connectivity index (χ4n) is 3.26. The maximum absolute atomic E-state index is 12.4. The number of para-hydroxylation sites is 1. The molecule has 0 atom stereocenters. The molecule has 1 N–H and O–H groups in total. The fraction of sp³-hybridized carbons (Fsp3) is 0.120. The SMILES string of the molecule is COc1ccc(/C=C(\Cl)c2nc3c(C)cccc3c(=O)[nH]2)cc1OCc1ccccc1. The molecule has 0 bridgehead atoms. The molecule has 4 rings (SSSR count). The van der Waals surface area contributed by atoms with Crippen molar-refractivity contribution in [1.82, 2.24) is 9.97 Å². The number of hydrogen-bond acceptors (Lipinski definition) is 4. The molecule has 6 heteroatoms. The Morgan fingerprint density at radius 3 is 2.65 bits per heavy atom. The Labute approximate surface area is 184 Å². The number of H-pyrrole nitrogens is 1. The van der Waals surface area contributed by atoms with Crippen LogP contribution < -0.4 is 15.0 Å². The molecular formula is C25H21ClN2O3. The van der Waals surface area contributed by atoms with Crippen LogP contribution in [0.15, 0.2) is 71.5 Å². The molecule has 4 aromatic rings. The summed E-state index contributed by atoms with van der Waals surface area (Å²) in [5, 5.41) is 0.857. The van der Waals surface area contributed by atoms with Gasteiger partial charge in [-0.1, -0.05) is 60.1 Å². The largest absolute Gasteiger partial charge is 0.493 e.